The molecular weight excluding hydrogens is 793 g/mol. The van der Waals surface area contributed by atoms with E-state index < -0.39 is 35.2 Å². The quantitative estimate of drug-likeness (QED) is 0.0345. The molecule has 0 saturated carbocycles. The van der Waals surface area contributed by atoms with Gasteiger partial charge in [0.1, 0.15) is 0 Å². The minimum atomic E-state index is -3.32. The largest absolute Gasteiger partial charge is 0.515 e. The average Bonchev–Trinajstić information content (AvgIpc) is 3.07. The molecule has 4 unspecified atom stereocenters. The molecular formula is C30H70O12S4Si4. The van der Waals surface area contributed by atoms with Gasteiger partial charge >= 0.3 is 35.2 Å². The van der Waals surface area contributed by atoms with Crippen molar-refractivity contribution in [2.45, 2.75) is 118 Å². The van der Waals surface area contributed by atoms with E-state index >= 15 is 0 Å². The smallest absolute Gasteiger partial charge is 0.374 e. The Bertz CT molecular complexity index is 704. The summed E-state index contributed by atoms with van der Waals surface area (Å²) in [6.45, 7) is 33.3. The molecule has 0 amide bonds. The topological polar surface area (TPSA) is 111 Å². The lowest BCUT2D eigenvalue weighted by atomic mass is 10.5. The van der Waals surface area contributed by atoms with Crippen molar-refractivity contribution >= 4 is 76.5 Å². The molecule has 0 aliphatic heterocycles. The van der Waals surface area contributed by atoms with Crippen LogP contribution in [0.25, 0.3) is 0 Å². The Labute approximate surface area is 324 Å². The van der Waals surface area contributed by atoms with Crippen LogP contribution in [0.4, 0.5) is 0 Å². The lowest BCUT2D eigenvalue weighted by Crippen LogP contribution is -2.62. The molecule has 0 aliphatic rings. The van der Waals surface area contributed by atoms with Crippen molar-refractivity contribution < 1.29 is 53.1 Å². The standard InChI is InChI=1S/C30H70O12S4Si4/c1-15-31-47(32-16-2,33-17-3)27(13)29(49(37-21-7,38-22-8)39-23-9)43-45-46-44-30(50(40-24-10,41-25-11)42-26-12)28(14)48(34-18-4,35-19-5)36-20-6/h27-30H,15-26H2,1-14H3. The first-order valence-electron chi connectivity index (χ1n) is 18.3. The molecule has 0 rings (SSSR count). The van der Waals surface area contributed by atoms with Gasteiger partial charge in [0, 0.05) is 90.4 Å². The Morgan fingerprint density at radius 3 is 0.620 bits per heavy atom. The Hall–Kier alpha value is 1.79. The van der Waals surface area contributed by atoms with E-state index in [-0.39, 0.29) is 20.8 Å². The first kappa shape index (κ1) is 51.8. The molecule has 302 valence electrons. The van der Waals surface area contributed by atoms with Gasteiger partial charge in [0.15, 0.2) is 0 Å². The average molecular weight is 863 g/mol. The summed E-state index contributed by atoms with van der Waals surface area (Å²) >= 11 is 0. The van der Waals surface area contributed by atoms with Gasteiger partial charge in [-0.1, -0.05) is 35.4 Å². The molecule has 50 heavy (non-hydrogen) atoms. The SMILES string of the molecule is CCO[Si](OCC)(OCC)C(C)C(SSSSC(C(C)[Si](OCC)(OCC)OCC)[Si](OCC)(OCC)OCC)[Si](OCC)(OCC)OCC. The Morgan fingerprint density at radius 1 is 0.300 bits per heavy atom. The van der Waals surface area contributed by atoms with Crippen molar-refractivity contribution in [2.24, 2.45) is 0 Å². The van der Waals surface area contributed by atoms with E-state index in [9.17, 15) is 0 Å². The molecule has 0 spiro atoms. The molecule has 0 aliphatic carbocycles. The van der Waals surface area contributed by atoms with E-state index in [0.717, 1.165) is 0 Å². The molecule has 12 nitrogen and oxygen atoms in total. The Kier molecular flexibility index (Phi) is 30.1. The van der Waals surface area contributed by atoms with Crippen LogP contribution in [0.1, 0.15) is 96.9 Å². The fourth-order valence-electron chi connectivity index (χ4n) is 5.58. The second-order valence-corrected chi connectivity index (χ2v) is 28.6. The van der Waals surface area contributed by atoms with Crippen LogP contribution in [0.5, 0.6) is 0 Å². The van der Waals surface area contributed by atoms with E-state index in [1.165, 1.54) is 0 Å². The summed E-state index contributed by atoms with van der Waals surface area (Å²) in [5, 5.41) is 0. The van der Waals surface area contributed by atoms with Gasteiger partial charge in [-0.05, 0) is 103 Å². The fourth-order valence-corrected chi connectivity index (χ4v) is 32.9. The highest BCUT2D eigenvalue weighted by molar-refractivity contribution is 9.26. The summed E-state index contributed by atoms with van der Waals surface area (Å²) < 4.78 is 77.7. The zero-order chi connectivity index (χ0) is 38.1. The first-order chi connectivity index (χ1) is 24.0. The van der Waals surface area contributed by atoms with Gasteiger partial charge in [-0.25, -0.2) is 0 Å². The van der Waals surface area contributed by atoms with Gasteiger partial charge in [-0.15, -0.1) is 0 Å². The zero-order valence-corrected chi connectivity index (χ0v) is 40.6. The molecule has 0 saturated heterocycles. The maximum atomic E-state index is 6.52. The second kappa shape index (κ2) is 29.1. The second-order valence-electron chi connectivity index (χ2n) is 10.4. The van der Waals surface area contributed by atoms with Crippen molar-refractivity contribution in [3.63, 3.8) is 0 Å². The lowest BCUT2D eigenvalue weighted by Gasteiger charge is -2.43. The third-order valence-corrected chi connectivity index (χ3v) is 32.1. The maximum Gasteiger partial charge on any atom is 0.515 e. The molecule has 0 aromatic carbocycles. The van der Waals surface area contributed by atoms with Gasteiger partial charge in [0.2, 0.25) is 0 Å². The van der Waals surface area contributed by atoms with E-state index in [2.05, 4.69) is 13.8 Å². The van der Waals surface area contributed by atoms with Crippen LogP contribution in [0.3, 0.4) is 0 Å². The van der Waals surface area contributed by atoms with Crippen molar-refractivity contribution in [3.8, 4) is 0 Å². The molecule has 4 atom stereocenters. The molecule has 0 aromatic rings. The van der Waals surface area contributed by atoms with Crippen LogP contribution in [0.2, 0.25) is 11.1 Å². The maximum absolute atomic E-state index is 6.52. The van der Waals surface area contributed by atoms with E-state index in [1.54, 1.807) is 41.2 Å². The van der Waals surface area contributed by atoms with Crippen molar-refractivity contribution in [1.29, 1.82) is 0 Å². The Balaban J connectivity index is 7.08. The number of hydrogen-bond acceptors (Lipinski definition) is 16. The predicted molar refractivity (Wildman–Crippen MR) is 219 cm³/mol. The summed E-state index contributed by atoms with van der Waals surface area (Å²) in [4.78, 5) is -0.548. The molecule has 0 fully saturated rings. The van der Waals surface area contributed by atoms with Crippen LogP contribution in [0, 0.1) is 0 Å². The minimum Gasteiger partial charge on any atom is -0.374 e. The fraction of sp³-hybridized carbons (Fsp3) is 1.00. The molecule has 0 radical (unpaired) electrons. The summed E-state index contributed by atoms with van der Waals surface area (Å²) in [6.07, 6.45) is 0. The minimum absolute atomic E-state index is 0.214. The van der Waals surface area contributed by atoms with Crippen molar-refractivity contribution in [3.05, 3.63) is 0 Å². The summed E-state index contributed by atoms with van der Waals surface area (Å²) in [7, 11) is -6.54. The highest BCUT2D eigenvalue weighted by Gasteiger charge is 2.63. The molecule has 0 N–H and O–H groups in total. The highest BCUT2D eigenvalue weighted by Crippen LogP contribution is 2.56. The predicted octanol–water partition coefficient (Wildman–Crippen LogP) is 8.45. The molecule has 0 bridgehead atoms. The van der Waals surface area contributed by atoms with E-state index in [1.807, 2.05) is 83.1 Å². The van der Waals surface area contributed by atoms with Crippen LogP contribution in [0.15, 0.2) is 0 Å². The normalized spacial score (nSPS) is 15.7. The first-order valence-corrected chi connectivity index (χ1v) is 30.5. The summed E-state index contributed by atoms with van der Waals surface area (Å²) in [5.41, 5.74) is -0.428. The van der Waals surface area contributed by atoms with Crippen molar-refractivity contribution in [2.75, 3.05) is 79.3 Å². The number of rotatable bonds is 35. The molecule has 0 aromatic heterocycles. The van der Waals surface area contributed by atoms with Crippen molar-refractivity contribution in [1.82, 2.24) is 0 Å². The van der Waals surface area contributed by atoms with Crippen LogP contribution >= 0.6 is 41.2 Å². The lowest BCUT2D eigenvalue weighted by molar-refractivity contribution is 0.0485. The molecule has 20 heteroatoms. The summed E-state index contributed by atoms with van der Waals surface area (Å²) in [6, 6.07) is 0. The zero-order valence-electron chi connectivity index (χ0n) is 33.3. The van der Waals surface area contributed by atoms with Gasteiger partial charge in [0.25, 0.3) is 0 Å². The monoisotopic (exact) mass is 862 g/mol. The van der Waals surface area contributed by atoms with Gasteiger partial charge in [0.05, 0.1) is 9.75 Å². The third kappa shape index (κ3) is 15.0. The molecule has 0 heterocycles. The summed E-state index contributed by atoms with van der Waals surface area (Å²) in [5.74, 6) is 0. The van der Waals surface area contributed by atoms with Crippen LogP contribution in [-0.4, -0.2) is 124 Å². The highest BCUT2D eigenvalue weighted by atomic mass is 33.7. The van der Waals surface area contributed by atoms with Crippen LogP contribution in [-0.2, 0) is 53.1 Å². The third-order valence-electron chi connectivity index (χ3n) is 7.18. The van der Waals surface area contributed by atoms with Gasteiger partial charge in [-0.2, -0.15) is 0 Å². The number of hydrogen-bond donors (Lipinski definition) is 0. The van der Waals surface area contributed by atoms with Gasteiger partial charge in [-0.3, -0.25) is 0 Å². The van der Waals surface area contributed by atoms with E-state index in [0.29, 0.717) is 79.3 Å². The Morgan fingerprint density at radius 2 is 0.460 bits per heavy atom. The van der Waals surface area contributed by atoms with E-state index in [4.69, 9.17) is 53.1 Å². The van der Waals surface area contributed by atoms with Crippen LogP contribution < -0.4 is 0 Å². The van der Waals surface area contributed by atoms with Gasteiger partial charge < -0.3 is 53.1 Å².